The minimum atomic E-state index is 0.845. The summed E-state index contributed by atoms with van der Waals surface area (Å²) in [6.07, 6.45) is 4.31. The molecular weight excluding hydrogens is 300 g/mol. The molecule has 0 aromatic heterocycles. The summed E-state index contributed by atoms with van der Waals surface area (Å²) in [5.41, 5.74) is 3.83. The molecule has 120 valence electrons. The molecule has 2 nitrogen and oxygen atoms in total. The van der Waals surface area contributed by atoms with Crippen molar-refractivity contribution in [1.29, 1.82) is 0 Å². The molecule has 1 aliphatic rings. The SMILES string of the molecule is C(=C\c1ccccc1)/CNc1ccc(CN2CCSCC2)cc1. The van der Waals surface area contributed by atoms with Gasteiger partial charge in [0.1, 0.15) is 0 Å². The van der Waals surface area contributed by atoms with E-state index in [9.17, 15) is 0 Å². The molecule has 3 heteroatoms. The van der Waals surface area contributed by atoms with Gasteiger partial charge in [0.2, 0.25) is 0 Å². The Kier molecular flexibility index (Phi) is 6.18. The summed E-state index contributed by atoms with van der Waals surface area (Å²) in [5.74, 6) is 2.54. The third-order valence-corrected chi connectivity index (χ3v) is 4.94. The van der Waals surface area contributed by atoms with Crippen LogP contribution in [0.2, 0.25) is 0 Å². The van der Waals surface area contributed by atoms with Gasteiger partial charge >= 0.3 is 0 Å². The number of rotatable bonds is 6. The maximum atomic E-state index is 3.44. The van der Waals surface area contributed by atoms with E-state index < -0.39 is 0 Å². The van der Waals surface area contributed by atoms with Gasteiger partial charge in [-0.2, -0.15) is 11.8 Å². The lowest BCUT2D eigenvalue weighted by Crippen LogP contribution is -2.31. The Balaban J connectivity index is 1.45. The largest absolute Gasteiger partial charge is 0.382 e. The van der Waals surface area contributed by atoms with Gasteiger partial charge in [0.25, 0.3) is 0 Å². The number of benzene rings is 2. The van der Waals surface area contributed by atoms with E-state index in [1.807, 2.05) is 6.07 Å². The Labute approximate surface area is 143 Å². The van der Waals surface area contributed by atoms with Crippen molar-refractivity contribution in [3.8, 4) is 0 Å². The van der Waals surface area contributed by atoms with Gasteiger partial charge in [0.05, 0.1) is 0 Å². The van der Waals surface area contributed by atoms with Gasteiger partial charge in [0, 0.05) is 43.4 Å². The second kappa shape index (κ2) is 8.80. The predicted molar refractivity (Wildman–Crippen MR) is 103 cm³/mol. The fourth-order valence-electron chi connectivity index (χ4n) is 2.68. The number of thioether (sulfide) groups is 1. The molecule has 1 N–H and O–H groups in total. The topological polar surface area (TPSA) is 15.3 Å². The number of nitrogens with zero attached hydrogens (tertiary/aromatic N) is 1. The van der Waals surface area contributed by atoms with E-state index in [1.54, 1.807) is 0 Å². The first-order valence-electron chi connectivity index (χ1n) is 8.25. The lowest BCUT2D eigenvalue weighted by Gasteiger charge is -2.26. The monoisotopic (exact) mass is 324 g/mol. The molecule has 0 spiro atoms. The summed E-state index contributed by atoms with van der Waals surface area (Å²) in [6.45, 7) is 4.36. The van der Waals surface area contributed by atoms with Crippen LogP contribution < -0.4 is 5.32 Å². The fraction of sp³-hybridized carbons (Fsp3) is 0.300. The molecule has 1 aliphatic heterocycles. The van der Waals surface area contributed by atoms with Crippen LogP contribution in [-0.4, -0.2) is 36.0 Å². The highest BCUT2D eigenvalue weighted by molar-refractivity contribution is 7.99. The Hall–Kier alpha value is -1.71. The molecule has 0 bridgehead atoms. The zero-order valence-corrected chi connectivity index (χ0v) is 14.3. The Morgan fingerprint density at radius 2 is 1.70 bits per heavy atom. The van der Waals surface area contributed by atoms with Crippen molar-refractivity contribution in [2.75, 3.05) is 36.5 Å². The van der Waals surface area contributed by atoms with Crippen molar-refractivity contribution in [2.24, 2.45) is 0 Å². The highest BCUT2D eigenvalue weighted by Crippen LogP contribution is 2.15. The number of anilines is 1. The molecule has 0 saturated carbocycles. The van der Waals surface area contributed by atoms with Crippen LogP contribution >= 0.6 is 11.8 Å². The summed E-state index contributed by atoms with van der Waals surface area (Å²) >= 11 is 2.06. The number of hydrogen-bond donors (Lipinski definition) is 1. The van der Waals surface area contributed by atoms with Crippen molar-refractivity contribution in [2.45, 2.75) is 6.54 Å². The molecule has 1 heterocycles. The number of nitrogens with one attached hydrogen (secondary N) is 1. The molecule has 0 atom stereocenters. The van der Waals surface area contributed by atoms with Crippen molar-refractivity contribution >= 4 is 23.5 Å². The highest BCUT2D eigenvalue weighted by Gasteiger charge is 2.10. The van der Waals surface area contributed by atoms with Gasteiger partial charge in [-0.3, -0.25) is 4.90 Å². The molecule has 1 fully saturated rings. The smallest absolute Gasteiger partial charge is 0.0342 e. The zero-order valence-electron chi connectivity index (χ0n) is 13.4. The van der Waals surface area contributed by atoms with Crippen LogP contribution in [0.5, 0.6) is 0 Å². The molecule has 1 saturated heterocycles. The normalized spacial score (nSPS) is 15.8. The first kappa shape index (κ1) is 16.2. The van der Waals surface area contributed by atoms with E-state index in [-0.39, 0.29) is 0 Å². The minimum absolute atomic E-state index is 0.845. The lowest BCUT2D eigenvalue weighted by atomic mass is 10.2. The van der Waals surface area contributed by atoms with E-state index in [2.05, 4.69) is 82.7 Å². The van der Waals surface area contributed by atoms with Crippen LogP contribution in [0.4, 0.5) is 5.69 Å². The molecule has 0 unspecified atom stereocenters. The second-order valence-corrected chi connectivity index (χ2v) is 7.00. The summed E-state index contributed by atoms with van der Waals surface area (Å²) < 4.78 is 0. The van der Waals surface area contributed by atoms with Gasteiger partial charge in [-0.05, 0) is 23.3 Å². The van der Waals surface area contributed by atoms with E-state index in [1.165, 1.54) is 41.4 Å². The highest BCUT2D eigenvalue weighted by atomic mass is 32.2. The summed E-state index contributed by atoms with van der Waals surface area (Å²) in [5, 5.41) is 3.44. The van der Waals surface area contributed by atoms with Crippen molar-refractivity contribution in [3.63, 3.8) is 0 Å². The minimum Gasteiger partial charge on any atom is -0.382 e. The van der Waals surface area contributed by atoms with Gasteiger partial charge < -0.3 is 5.32 Å². The molecule has 0 amide bonds. The quantitative estimate of drug-likeness (QED) is 0.850. The van der Waals surface area contributed by atoms with Crippen LogP contribution in [0, 0.1) is 0 Å². The third kappa shape index (κ3) is 5.45. The molecule has 2 aromatic carbocycles. The molecule has 0 radical (unpaired) electrons. The standard InChI is InChI=1S/C20H24N2S/c1-2-5-18(6-3-1)7-4-12-21-20-10-8-19(9-11-20)17-22-13-15-23-16-14-22/h1-11,21H,12-17H2/b7-4+. The average molecular weight is 324 g/mol. The summed E-state index contributed by atoms with van der Waals surface area (Å²) in [7, 11) is 0. The predicted octanol–water partition coefficient (Wildman–Crippen LogP) is 4.36. The van der Waals surface area contributed by atoms with Crippen LogP contribution in [0.25, 0.3) is 6.08 Å². The van der Waals surface area contributed by atoms with E-state index in [0.717, 1.165) is 13.1 Å². The Bertz CT molecular complexity index is 601. The van der Waals surface area contributed by atoms with Gasteiger partial charge in [-0.15, -0.1) is 0 Å². The lowest BCUT2D eigenvalue weighted by molar-refractivity contribution is 0.294. The molecule has 23 heavy (non-hydrogen) atoms. The van der Waals surface area contributed by atoms with Gasteiger partial charge in [-0.25, -0.2) is 0 Å². The molecule has 0 aliphatic carbocycles. The Morgan fingerprint density at radius 1 is 0.957 bits per heavy atom. The molecule has 3 rings (SSSR count). The van der Waals surface area contributed by atoms with Gasteiger partial charge in [0.15, 0.2) is 0 Å². The average Bonchev–Trinajstić information content (AvgIpc) is 2.62. The maximum Gasteiger partial charge on any atom is 0.0342 e. The molecule has 2 aromatic rings. The van der Waals surface area contributed by atoms with Crippen LogP contribution in [0.15, 0.2) is 60.7 Å². The number of hydrogen-bond acceptors (Lipinski definition) is 3. The third-order valence-electron chi connectivity index (χ3n) is 4.00. The molecular formula is C20H24N2S. The van der Waals surface area contributed by atoms with E-state index in [0.29, 0.717) is 0 Å². The van der Waals surface area contributed by atoms with Crippen LogP contribution in [0.3, 0.4) is 0 Å². The first-order chi connectivity index (χ1) is 11.4. The summed E-state index contributed by atoms with van der Waals surface area (Å²) in [4.78, 5) is 2.54. The van der Waals surface area contributed by atoms with Crippen molar-refractivity contribution in [3.05, 3.63) is 71.8 Å². The maximum absolute atomic E-state index is 3.44. The van der Waals surface area contributed by atoms with Crippen LogP contribution in [0.1, 0.15) is 11.1 Å². The van der Waals surface area contributed by atoms with Crippen molar-refractivity contribution in [1.82, 2.24) is 4.90 Å². The Morgan fingerprint density at radius 3 is 2.43 bits per heavy atom. The zero-order chi connectivity index (χ0) is 15.7. The second-order valence-electron chi connectivity index (χ2n) is 5.78. The van der Waals surface area contributed by atoms with E-state index >= 15 is 0 Å². The van der Waals surface area contributed by atoms with Crippen LogP contribution in [-0.2, 0) is 6.54 Å². The fourth-order valence-corrected chi connectivity index (χ4v) is 3.66. The van der Waals surface area contributed by atoms with Crippen molar-refractivity contribution < 1.29 is 0 Å². The summed E-state index contributed by atoms with van der Waals surface area (Å²) in [6, 6.07) is 19.2. The van der Waals surface area contributed by atoms with Gasteiger partial charge in [-0.1, -0.05) is 54.6 Å². The van der Waals surface area contributed by atoms with E-state index in [4.69, 9.17) is 0 Å². The first-order valence-corrected chi connectivity index (χ1v) is 9.40.